The Labute approximate surface area is 126 Å². The summed E-state index contributed by atoms with van der Waals surface area (Å²) in [6, 6.07) is 6.06. The quantitative estimate of drug-likeness (QED) is 0.772. The smallest absolute Gasteiger partial charge is 0.234 e. The highest BCUT2D eigenvalue weighted by atomic mass is 19.1. The number of hydrogen-bond acceptors (Lipinski definition) is 3. The fraction of sp³-hybridized carbons (Fsp3) is 0.562. The second kappa shape index (κ2) is 8.74. The SMILES string of the molecule is CCCNC(=O)CN(C)C(c1ccccc1F)C(N)CC. The van der Waals surface area contributed by atoms with Crippen LogP contribution < -0.4 is 11.1 Å². The van der Waals surface area contributed by atoms with E-state index in [1.807, 2.05) is 18.7 Å². The Morgan fingerprint density at radius 2 is 2.05 bits per heavy atom. The molecular weight excluding hydrogens is 269 g/mol. The second-order valence-corrected chi connectivity index (χ2v) is 5.30. The molecule has 0 saturated heterocycles. The molecule has 1 amide bonds. The van der Waals surface area contributed by atoms with Crippen molar-refractivity contribution in [2.75, 3.05) is 20.1 Å². The van der Waals surface area contributed by atoms with Crippen LogP contribution in [0.1, 0.15) is 38.3 Å². The lowest BCUT2D eigenvalue weighted by atomic mass is 9.96. The summed E-state index contributed by atoms with van der Waals surface area (Å²) in [5.41, 5.74) is 6.69. The number of carbonyl (C=O) groups excluding carboxylic acids is 1. The van der Waals surface area contributed by atoms with Crippen LogP contribution in [0.25, 0.3) is 0 Å². The standard InChI is InChI=1S/C16H26FN3O/c1-4-10-19-15(21)11-20(3)16(14(18)5-2)12-8-6-7-9-13(12)17/h6-9,14,16H,4-5,10-11,18H2,1-3H3,(H,19,21). The largest absolute Gasteiger partial charge is 0.355 e. The summed E-state index contributed by atoms with van der Waals surface area (Å²) < 4.78 is 14.1. The van der Waals surface area contributed by atoms with E-state index in [1.165, 1.54) is 6.07 Å². The molecular formula is C16H26FN3O. The van der Waals surface area contributed by atoms with Gasteiger partial charge in [0.25, 0.3) is 0 Å². The van der Waals surface area contributed by atoms with E-state index in [4.69, 9.17) is 5.73 Å². The van der Waals surface area contributed by atoms with Crippen molar-refractivity contribution in [2.45, 2.75) is 38.8 Å². The fourth-order valence-corrected chi connectivity index (χ4v) is 2.38. The number of rotatable bonds is 8. The van der Waals surface area contributed by atoms with Crippen LogP contribution >= 0.6 is 0 Å². The molecule has 0 aliphatic heterocycles. The van der Waals surface area contributed by atoms with Gasteiger partial charge in [0.05, 0.1) is 12.6 Å². The number of halogens is 1. The van der Waals surface area contributed by atoms with E-state index in [9.17, 15) is 9.18 Å². The molecule has 0 aromatic heterocycles. The topological polar surface area (TPSA) is 58.4 Å². The van der Waals surface area contributed by atoms with E-state index in [-0.39, 0.29) is 30.4 Å². The van der Waals surface area contributed by atoms with Crippen LogP contribution in [0.15, 0.2) is 24.3 Å². The van der Waals surface area contributed by atoms with Crippen LogP contribution in [0, 0.1) is 5.82 Å². The Hall–Kier alpha value is -1.46. The molecule has 2 atom stereocenters. The average molecular weight is 295 g/mol. The normalized spacial score (nSPS) is 14.0. The molecule has 0 fully saturated rings. The number of hydrogen-bond donors (Lipinski definition) is 2. The second-order valence-electron chi connectivity index (χ2n) is 5.30. The van der Waals surface area contributed by atoms with Crippen molar-refractivity contribution >= 4 is 5.91 Å². The number of benzene rings is 1. The molecule has 1 aromatic rings. The molecule has 4 nitrogen and oxygen atoms in total. The monoisotopic (exact) mass is 295 g/mol. The van der Waals surface area contributed by atoms with E-state index >= 15 is 0 Å². The maximum absolute atomic E-state index is 14.1. The first-order valence-corrected chi connectivity index (χ1v) is 7.48. The lowest BCUT2D eigenvalue weighted by Crippen LogP contribution is -2.44. The van der Waals surface area contributed by atoms with Gasteiger partial charge in [0, 0.05) is 18.2 Å². The number of likely N-dealkylation sites (N-methyl/N-ethyl adjacent to an activating group) is 1. The average Bonchev–Trinajstić information content (AvgIpc) is 2.47. The van der Waals surface area contributed by atoms with Gasteiger partial charge in [-0.2, -0.15) is 0 Å². The molecule has 0 heterocycles. The van der Waals surface area contributed by atoms with Gasteiger partial charge in [-0.25, -0.2) is 4.39 Å². The van der Waals surface area contributed by atoms with Gasteiger partial charge in [0.1, 0.15) is 5.82 Å². The zero-order chi connectivity index (χ0) is 15.8. The molecule has 21 heavy (non-hydrogen) atoms. The molecule has 1 rings (SSSR count). The zero-order valence-corrected chi connectivity index (χ0v) is 13.1. The number of nitrogens with zero attached hydrogens (tertiary/aromatic N) is 1. The van der Waals surface area contributed by atoms with Crippen molar-refractivity contribution in [3.63, 3.8) is 0 Å². The molecule has 0 spiro atoms. The maximum atomic E-state index is 14.1. The highest BCUT2D eigenvalue weighted by Crippen LogP contribution is 2.25. The van der Waals surface area contributed by atoms with Crippen LogP contribution in [0.2, 0.25) is 0 Å². The van der Waals surface area contributed by atoms with Gasteiger partial charge in [-0.1, -0.05) is 32.0 Å². The first-order chi connectivity index (χ1) is 10.0. The highest BCUT2D eigenvalue weighted by Gasteiger charge is 2.26. The summed E-state index contributed by atoms with van der Waals surface area (Å²) in [6.07, 6.45) is 1.60. The third kappa shape index (κ3) is 5.10. The van der Waals surface area contributed by atoms with E-state index in [0.717, 1.165) is 6.42 Å². The van der Waals surface area contributed by atoms with Gasteiger partial charge in [0.2, 0.25) is 5.91 Å². The van der Waals surface area contributed by atoms with Gasteiger partial charge in [-0.05, 0) is 26.0 Å². The lowest BCUT2D eigenvalue weighted by molar-refractivity contribution is -0.122. The number of nitrogens with two attached hydrogens (primary N) is 1. The van der Waals surface area contributed by atoms with E-state index in [2.05, 4.69) is 5.32 Å². The summed E-state index contributed by atoms with van der Waals surface area (Å²) in [7, 11) is 1.80. The number of carbonyl (C=O) groups is 1. The Kier molecular flexibility index (Phi) is 7.32. The van der Waals surface area contributed by atoms with Crippen molar-refractivity contribution in [3.05, 3.63) is 35.6 Å². The van der Waals surface area contributed by atoms with Gasteiger partial charge in [0.15, 0.2) is 0 Å². The molecule has 0 aliphatic carbocycles. The minimum Gasteiger partial charge on any atom is -0.355 e. The molecule has 0 aliphatic rings. The van der Waals surface area contributed by atoms with Gasteiger partial charge < -0.3 is 11.1 Å². The molecule has 0 radical (unpaired) electrons. The van der Waals surface area contributed by atoms with Crippen LogP contribution in [-0.2, 0) is 4.79 Å². The molecule has 2 unspecified atom stereocenters. The van der Waals surface area contributed by atoms with Crippen molar-refractivity contribution in [1.82, 2.24) is 10.2 Å². The summed E-state index contributed by atoms with van der Waals surface area (Å²) >= 11 is 0. The summed E-state index contributed by atoms with van der Waals surface area (Å²) in [5.74, 6) is -0.351. The van der Waals surface area contributed by atoms with E-state index in [1.54, 1.807) is 25.2 Å². The Morgan fingerprint density at radius 1 is 1.38 bits per heavy atom. The summed E-state index contributed by atoms with van der Waals surface area (Å²) in [4.78, 5) is 13.7. The van der Waals surface area contributed by atoms with E-state index in [0.29, 0.717) is 18.5 Å². The van der Waals surface area contributed by atoms with Crippen molar-refractivity contribution in [1.29, 1.82) is 0 Å². The van der Waals surface area contributed by atoms with Crippen LogP contribution in [0.5, 0.6) is 0 Å². The summed E-state index contributed by atoms with van der Waals surface area (Å²) in [6.45, 7) is 4.81. The summed E-state index contributed by atoms with van der Waals surface area (Å²) in [5, 5.41) is 2.83. The first kappa shape index (κ1) is 17.6. The molecule has 5 heteroatoms. The number of nitrogens with one attached hydrogen (secondary N) is 1. The minimum atomic E-state index is -0.316. The van der Waals surface area contributed by atoms with Crippen molar-refractivity contribution in [2.24, 2.45) is 5.73 Å². The Bertz CT molecular complexity index is 453. The molecule has 0 bridgehead atoms. The van der Waals surface area contributed by atoms with Crippen molar-refractivity contribution in [3.8, 4) is 0 Å². The van der Waals surface area contributed by atoms with Gasteiger partial charge in [-0.15, -0.1) is 0 Å². The Morgan fingerprint density at radius 3 is 2.62 bits per heavy atom. The predicted octanol–water partition coefficient (Wildman–Crippen LogP) is 2.06. The zero-order valence-electron chi connectivity index (χ0n) is 13.1. The third-order valence-electron chi connectivity index (χ3n) is 3.54. The fourth-order valence-electron chi connectivity index (χ4n) is 2.38. The first-order valence-electron chi connectivity index (χ1n) is 7.48. The predicted molar refractivity (Wildman–Crippen MR) is 83.3 cm³/mol. The van der Waals surface area contributed by atoms with Crippen LogP contribution in [0.3, 0.4) is 0 Å². The molecule has 0 saturated carbocycles. The molecule has 1 aromatic carbocycles. The lowest BCUT2D eigenvalue weighted by Gasteiger charge is -2.32. The van der Waals surface area contributed by atoms with Crippen molar-refractivity contribution < 1.29 is 9.18 Å². The van der Waals surface area contributed by atoms with Crippen LogP contribution in [0.4, 0.5) is 4.39 Å². The molecule has 118 valence electrons. The van der Waals surface area contributed by atoms with Gasteiger partial charge in [-0.3, -0.25) is 9.69 Å². The Balaban J connectivity index is 2.88. The van der Waals surface area contributed by atoms with Gasteiger partial charge >= 0.3 is 0 Å². The molecule has 3 N–H and O–H groups in total. The van der Waals surface area contributed by atoms with E-state index < -0.39 is 0 Å². The van der Waals surface area contributed by atoms with Crippen LogP contribution in [-0.4, -0.2) is 37.0 Å². The maximum Gasteiger partial charge on any atom is 0.234 e. The highest BCUT2D eigenvalue weighted by molar-refractivity contribution is 5.78. The number of amides is 1. The minimum absolute atomic E-state index is 0.0657. The third-order valence-corrected chi connectivity index (χ3v) is 3.54.